The monoisotopic (exact) mass is 243 g/mol. The Morgan fingerprint density at radius 2 is 2.12 bits per heavy atom. The molecular formula is C11H17NO3S. The van der Waals surface area contributed by atoms with E-state index in [1.54, 1.807) is 0 Å². The molecule has 0 aliphatic carbocycles. The molecule has 0 spiro atoms. The van der Waals surface area contributed by atoms with Crippen molar-refractivity contribution < 1.29 is 17.5 Å². The van der Waals surface area contributed by atoms with E-state index in [9.17, 15) is 13.0 Å². The van der Waals surface area contributed by atoms with Crippen LogP contribution in [0.4, 0.5) is 0 Å². The molecule has 4 nitrogen and oxygen atoms in total. The average molecular weight is 243 g/mol. The molecule has 1 heterocycles. The van der Waals surface area contributed by atoms with Gasteiger partial charge in [0.1, 0.15) is 15.9 Å². The summed E-state index contributed by atoms with van der Waals surface area (Å²) < 4.78 is 34.4. The Labute approximate surface area is 96.7 Å². The molecule has 0 saturated heterocycles. The van der Waals surface area contributed by atoms with Gasteiger partial charge in [-0.2, -0.15) is 4.57 Å². The van der Waals surface area contributed by atoms with Crippen LogP contribution in [-0.2, 0) is 10.1 Å². The Hall–Kier alpha value is -0.940. The Morgan fingerprint density at radius 3 is 2.62 bits per heavy atom. The largest absolute Gasteiger partial charge is 0.748 e. The minimum atomic E-state index is -4.18. The minimum Gasteiger partial charge on any atom is -0.748 e. The van der Waals surface area contributed by atoms with Gasteiger partial charge in [-0.3, -0.25) is 0 Å². The summed E-state index contributed by atoms with van der Waals surface area (Å²) in [6.45, 7) is 3.88. The van der Waals surface area contributed by atoms with Gasteiger partial charge in [0, 0.05) is 25.5 Å². The standard InChI is InChI=1S/C11H17NO3S/c1-3-6-11(9-16(13,14)15)12-8-5-4-7-10(12)2/h4-5,7-8,11H,3,6,9H2,1-2H3. The van der Waals surface area contributed by atoms with Crippen molar-refractivity contribution in [3.63, 3.8) is 0 Å². The molecule has 90 valence electrons. The third kappa shape index (κ3) is 3.90. The average Bonchev–Trinajstić information content (AvgIpc) is 2.16. The molecule has 0 bridgehead atoms. The molecule has 0 fully saturated rings. The van der Waals surface area contributed by atoms with E-state index in [4.69, 9.17) is 0 Å². The van der Waals surface area contributed by atoms with Crippen LogP contribution >= 0.6 is 0 Å². The van der Waals surface area contributed by atoms with Gasteiger partial charge in [-0.1, -0.05) is 13.0 Å². The summed E-state index contributed by atoms with van der Waals surface area (Å²) in [5.41, 5.74) is 0.963. The third-order valence-electron chi connectivity index (χ3n) is 2.51. The van der Waals surface area contributed by atoms with E-state index < -0.39 is 10.1 Å². The molecule has 16 heavy (non-hydrogen) atoms. The normalized spacial score (nSPS) is 13.7. The molecule has 1 aromatic rings. The maximum atomic E-state index is 10.8. The fraction of sp³-hybridized carbons (Fsp3) is 0.545. The van der Waals surface area contributed by atoms with Crippen LogP contribution in [-0.4, -0.2) is 18.7 Å². The van der Waals surface area contributed by atoms with Crippen LogP contribution in [0.5, 0.6) is 0 Å². The quantitative estimate of drug-likeness (QED) is 0.576. The zero-order chi connectivity index (χ0) is 12.2. The number of hydrogen-bond donors (Lipinski definition) is 0. The smallest absolute Gasteiger partial charge is 0.178 e. The van der Waals surface area contributed by atoms with Crippen LogP contribution in [0.3, 0.4) is 0 Å². The van der Waals surface area contributed by atoms with Gasteiger partial charge in [0.25, 0.3) is 0 Å². The van der Waals surface area contributed by atoms with Crippen molar-refractivity contribution in [1.82, 2.24) is 0 Å². The van der Waals surface area contributed by atoms with Crippen LogP contribution in [0.1, 0.15) is 31.5 Å². The highest BCUT2D eigenvalue weighted by molar-refractivity contribution is 7.85. The molecule has 1 unspecified atom stereocenters. The first-order valence-corrected chi connectivity index (χ1v) is 6.92. The summed E-state index contributed by atoms with van der Waals surface area (Å²) in [6.07, 6.45) is 3.36. The fourth-order valence-corrected chi connectivity index (χ4v) is 2.62. The van der Waals surface area contributed by atoms with Crippen molar-refractivity contribution >= 4 is 10.1 Å². The molecule has 0 aromatic carbocycles. The summed E-state index contributed by atoms with van der Waals surface area (Å²) in [6, 6.07) is 5.38. The van der Waals surface area contributed by atoms with Crippen molar-refractivity contribution in [3.8, 4) is 0 Å². The number of nitrogens with zero attached hydrogens (tertiary/aromatic N) is 1. The van der Waals surface area contributed by atoms with Crippen molar-refractivity contribution in [2.45, 2.75) is 32.7 Å². The van der Waals surface area contributed by atoms with Gasteiger partial charge < -0.3 is 4.55 Å². The zero-order valence-corrected chi connectivity index (χ0v) is 10.4. The third-order valence-corrected chi connectivity index (χ3v) is 3.31. The lowest BCUT2D eigenvalue weighted by Gasteiger charge is -2.15. The maximum absolute atomic E-state index is 10.8. The Kier molecular flexibility index (Phi) is 4.44. The molecule has 1 rings (SSSR count). The van der Waals surface area contributed by atoms with E-state index in [2.05, 4.69) is 0 Å². The molecule has 0 amide bonds. The van der Waals surface area contributed by atoms with Gasteiger partial charge in [-0.25, -0.2) is 8.42 Å². The molecule has 0 radical (unpaired) electrons. The lowest BCUT2D eigenvalue weighted by Crippen LogP contribution is -2.45. The predicted molar refractivity (Wildman–Crippen MR) is 59.9 cm³/mol. The second-order valence-corrected chi connectivity index (χ2v) is 5.36. The lowest BCUT2D eigenvalue weighted by atomic mass is 10.2. The first kappa shape index (κ1) is 13.1. The molecule has 0 saturated carbocycles. The highest BCUT2D eigenvalue weighted by Gasteiger charge is 2.22. The Morgan fingerprint density at radius 1 is 1.44 bits per heavy atom. The topological polar surface area (TPSA) is 61.1 Å². The van der Waals surface area contributed by atoms with Crippen LogP contribution in [0.25, 0.3) is 0 Å². The number of aryl methyl sites for hydroxylation is 1. The van der Waals surface area contributed by atoms with Gasteiger partial charge in [0.15, 0.2) is 17.9 Å². The van der Waals surface area contributed by atoms with Crippen molar-refractivity contribution in [2.24, 2.45) is 0 Å². The van der Waals surface area contributed by atoms with Gasteiger partial charge in [0.05, 0.1) is 0 Å². The summed E-state index contributed by atoms with van der Waals surface area (Å²) in [4.78, 5) is 0. The second-order valence-electron chi connectivity index (χ2n) is 3.92. The summed E-state index contributed by atoms with van der Waals surface area (Å²) in [5, 5.41) is 0. The highest BCUT2D eigenvalue weighted by Crippen LogP contribution is 2.10. The van der Waals surface area contributed by atoms with Gasteiger partial charge in [0.2, 0.25) is 0 Å². The molecule has 1 atom stereocenters. The van der Waals surface area contributed by atoms with Gasteiger partial charge >= 0.3 is 0 Å². The molecule has 5 heteroatoms. The maximum Gasteiger partial charge on any atom is 0.178 e. The fourth-order valence-electron chi connectivity index (χ4n) is 1.82. The molecular weight excluding hydrogens is 226 g/mol. The molecule has 1 aromatic heterocycles. The number of hydrogen-bond acceptors (Lipinski definition) is 3. The molecule has 0 aliphatic rings. The van der Waals surface area contributed by atoms with E-state index in [1.807, 2.05) is 42.8 Å². The van der Waals surface area contributed by atoms with Crippen LogP contribution in [0.15, 0.2) is 24.4 Å². The van der Waals surface area contributed by atoms with Crippen LogP contribution in [0, 0.1) is 6.92 Å². The molecule has 0 N–H and O–H groups in total. The molecule has 0 aliphatic heterocycles. The predicted octanol–water partition coefficient (Wildman–Crippen LogP) is 1.17. The van der Waals surface area contributed by atoms with Crippen molar-refractivity contribution in [2.75, 3.05) is 5.75 Å². The summed E-state index contributed by atoms with van der Waals surface area (Å²) in [7, 11) is -4.18. The minimum absolute atomic E-state index is 0.256. The van der Waals surface area contributed by atoms with E-state index in [0.29, 0.717) is 6.42 Å². The first-order chi connectivity index (χ1) is 7.44. The van der Waals surface area contributed by atoms with Crippen LogP contribution in [0.2, 0.25) is 0 Å². The summed E-state index contributed by atoms with van der Waals surface area (Å²) in [5.74, 6) is -0.337. The summed E-state index contributed by atoms with van der Waals surface area (Å²) >= 11 is 0. The number of aromatic nitrogens is 1. The number of rotatable bonds is 5. The van der Waals surface area contributed by atoms with E-state index in [0.717, 1.165) is 12.1 Å². The van der Waals surface area contributed by atoms with E-state index >= 15 is 0 Å². The first-order valence-electron chi connectivity index (χ1n) is 5.34. The lowest BCUT2D eigenvalue weighted by molar-refractivity contribution is -0.724. The highest BCUT2D eigenvalue weighted by atomic mass is 32.2. The van der Waals surface area contributed by atoms with E-state index in [-0.39, 0.29) is 11.8 Å². The van der Waals surface area contributed by atoms with Crippen molar-refractivity contribution in [3.05, 3.63) is 30.1 Å². The van der Waals surface area contributed by atoms with Gasteiger partial charge in [-0.05, 0) is 6.42 Å². The Bertz CT molecular complexity index is 442. The Balaban J connectivity index is 2.98. The second kappa shape index (κ2) is 5.41. The van der Waals surface area contributed by atoms with Crippen molar-refractivity contribution in [1.29, 1.82) is 0 Å². The SMILES string of the molecule is CCCC(CS(=O)(=O)[O-])[n+]1ccccc1C. The zero-order valence-electron chi connectivity index (χ0n) is 9.59. The van der Waals surface area contributed by atoms with Crippen LogP contribution < -0.4 is 4.57 Å². The van der Waals surface area contributed by atoms with Gasteiger partial charge in [-0.15, -0.1) is 0 Å². The number of pyridine rings is 1. The van der Waals surface area contributed by atoms with E-state index in [1.165, 1.54) is 0 Å².